The van der Waals surface area contributed by atoms with Crippen molar-refractivity contribution in [3.63, 3.8) is 0 Å². The van der Waals surface area contributed by atoms with E-state index in [9.17, 15) is 0 Å². The Morgan fingerprint density at radius 3 is 2.84 bits per heavy atom. The molecule has 0 amide bonds. The maximum Gasteiger partial charge on any atom is 0.203 e. The lowest BCUT2D eigenvalue weighted by atomic mass is 10.2. The summed E-state index contributed by atoms with van der Waals surface area (Å²) in [6, 6.07) is 8.41. The van der Waals surface area contributed by atoms with Gasteiger partial charge >= 0.3 is 0 Å². The largest absolute Gasteiger partial charge is 0.378 e. The summed E-state index contributed by atoms with van der Waals surface area (Å²) in [6.45, 7) is 2.99. The van der Waals surface area contributed by atoms with E-state index < -0.39 is 0 Å². The van der Waals surface area contributed by atoms with Gasteiger partial charge in [0.1, 0.15) is 5.01 Å². The number of anilines is 1. The zero-order valence-corrected chi connectivity index (χ0v) is 12.7. The minimum Gasteiger partial charge on any atom is -0.378 e. The third kappa shape index (κ3) is 3.23. The van der Waals surface area contributed by atoms with E-state index in [1.54, 1.807) is 11.3 Å². The van der Waals surface area contributed by atoms with Gasteiger partial charge in [0.25, 0.3) is 0 Å². The van der Waals surface area contributed by atoms with Gasteiger partial charge in [-0.25, -0.2) is 4.68 Å². The number of aryl methyl sites for hydroxylation is 1. The summed E-state index contributed by atoms with van der Waals surface area (Å²) in [7, 11) is 6.04. The van der Waals surface area contributed by atoms with Gasteiger partial charge in [0, 0.05) is 38.9 Å². The number of nitrogens with zero attached hydrogens (tertiary/aromatic N) is 4. The van der Waals surface area contributed by atoms with Crippen LogP contribution in [0, 0.1) is 0 Å². The van der Waals surface area contributed by atoms with Gasteiger partial charge in [0.05, 0.1) is 0 Å². The van der Waals surface area contributed by atoms with E-state index in [4.69, 9.17) is 0 Å². The van der Waals surface area contributed by atoms with Crippen LogP contribution in [0.3, 0.4) is 0 Å². The van der Waals surface area contributed by atoms with Crippen LogP contribution >= 0.6 is 11.3 Å². The van der Waals surface area contributed by atoms with Crippen molar-refractivity contribution in [2.24, 2.45) is 12.0 Å². The Morgan fingerprint density at radius 2 is 2.16 bits per heavy atom. The molecule has 0 spiro atoms. The average molecular weight is 276 g/mol. The quantitative estimate of drug-likeness (QED) is 0.860. The van der Waals surface area contributed by atoms with E-state index in [0.29, 0.717) is 0 Å². The number of hydrogen-bond acceptors (Lipinski definition) is 4. The first-order chi connectivity index (χ1) is 9.11. The van der Waals surface area contributed by atoms with Gasteiger partial charge in [0.2, 0.25) is 4.80 Å². The molecule has 0 unspecified atom stereocenters. The maximum absolute atomic E-state index is 4.56. The SMILES string of the molecule is CCCN=c1sc(-c2cccc(N(C)C)c2)nn1C. The summed E-state index contributed by atoms with van der Waals surface area (Å²) in [5.74, 6) is 0. The number of hydrogen-bond donors (Lipinski definition) is 0. The zero-order valence-electron chi connectivity index (χ0n) is 11.9. The lowest BCUT2D eigenvalue weighted by molar-refractivity contribution is 0.715. The Labute approximate surface area is 118 Å². The maximum atomic E-state index is 4.56. The summed E-state index contributed by atoms with van der Waals surface area (Å²) in [4.78, 5) is 7.61. The number of aromatic nitrogens is 2. The van der Waals surface area contributed by atoms with E-state index in [1.165, 1.54) is 5.69 Å². The van der Waals surface area contributed by atoms with E-state index in [0.717, 1.165) is 28.3 Å². The molecule has 5 heteroatoms. The van der Waals surface area contributed by atoms with Crippen molar-refractivity contribution in [1.29, 1.82) is 0 Å². The third-order valence-electron chi connectivity index (χ3n) is 2.79. The average Bonchev–Trinajstić information content (AvgIpc) is 2.78. The monoisotopic (exact) mass is 276 g/mol. The van der Waals surface area contributed by atoms with Gasteiger partial charge in [0.15, 0.2) is 0 Å². The van der Waals surface area contributed by atoms with Crippen LogP contribution in [0.2, 0.25) is 0 Å². The van der Waals surface area contributed by atoms with Crippen molar-refractivity contribution in [3.05, 3.63) is 29.1 Å². The first-order valence-electron chi connectivity index (χ1n) is 6.44. The van der Waals surface area contributed by atoms with Crippen LogP contribution in [0.5, 0.6) is 0 Å². The zero-order chi connectivity index (χ0) is 13.8. The van der Waals surface area contributed by atoms with Gasteiger partial charge in [-0.15, -0.1) is 0 Å². The molecule has 2 aromatic rings. The summed E-state index contributed by atoms with van der Waals surface area (Å²) in [6.07, 6.45) is 1.06. The summed E-state index contributed by atoms with van der Waals surface area (Å²) >= 11 is 1.64. The highest BCUT2D eigenvalue weighted by Crippen LogP contribution is 2.23. The van der Waals surface area contributed by atoms with E-state index in [1.807, 2.05) is 25.8 Å². The second-order valence-corrected chi connectivity index (χ2v) is 5.60. The van der Waals surface area contributed by atoms with Crippen molar-refractivity contribution < 1.29 is 0 Å². The molecule has 0 N–H and O–H groups in total. The molecule has 0 aliphatic heterocycles. The molecule has 4 nitrogen and oxygen atoms in total. The molecule has 0 radical (unpaired) electrons. The van der Waals surface area contributed by atoms with Crippen LogP contribution in [0.15, 0.2) is 29.3 Å². The van der Waals surface area contributed by atoms with Crippen LogP contribution in [-0.2, 0) is 7.05 Å². The molecule has 0 aliphatic rings. The standard InChI is InChI=1S/C14H20N4S/c1-5-9-15-14-18(4)16-13(19-14)11-7-6-8-12(10-11)17(2)3/h6-8,10H,5,9H2,1-4H3. The van der Waals surface area contributed by atoms with Gasteiger partial charge in [-0.1, -0.05) is 30.4 Å². The Kier molecular flexibility index (Phi) is 4.37. The first-order valence-corrected chi connectivity index (χ1v) is 7.26. The Morgan fingerprint density at radius 1 is 1.37 bits per heavy atom. The normalized spacial score (nSPS) is 11.9. The molecule has 102 valence electrons. The predicted octanol–water partition coefficient (Wildman–Crippen LogP) is 2.53. The molecule has 0 aliphatic carbocycles. The fraction of sp³-hybridized carbons (Fsp3) is 0.429. The lowest BCUT2D eigenvalue weighted by Gasteiger charge is -2.12. The Bertz CT molecular complexity index is 610. The van der Waals surface area contributed by atoms with E-state index >= 15 is 0 Å². The lowest BCUT2D eigenvalue weighted by Crippen LogP contribution is -2.12. The molecule has 0 atom stereocenters. The molecule has 1 aromatic carbocycles. The second-order valence-electron chi connectivity index (χ2n) is 4.64. The van der Waals surface area contributed by atoms with Crippen molar-refractivity contribution in [2.45, 2.75) is 13.3 Å². The molecule has 1 heterocycles. The van der Waals surface area contributed by atoms with Gasteiger partial charge in [-0.2, -0.15) is 5.10 Å². The summed E-state index contributed by atoms with van der Waals surface area (Å²) in [5, 5.41) is 5.57. The Balaban J connectivity index is 2.40. The highest BCUT2D eigenvalue weighted by atomic mass is 32.1. The van der Waals surface area contributed by atoms with Gasteiger partial charge in [-0.3, -0.25) is 4.99 Å². The molecule has 2 rings (SSSR count). The number of benzene rings is 1. The van der Waals surface area contributed by atoms with E-state index in [-0.39, 0.29) is 0 Å². The minimum absolute atomic E-state index is 0.854. The molecular weight excluding hydrogens is 256 g/mol. The molecule has 0 saturated heterocycles. The second kappa shape index (κ2) is 6.02. The van der Waals surface area contributed by atoms with Crippen LogP contribution in [0.4, 0.5) is 5.69 Å². The van der Waals surface area contributed by atoms with Crippen molar-refractivity contribution in [3.8, 4) is 10.6 Å². The fourth-order valence-corrected chi connectivity index (χ4v) is 2.64. The molecule has 19 heavy (non-hydrogen) atoms. The smallest absolute Gasteiger partial charge is 0.203 e. The Hall–Kier alpha value is -1.62. The molecule has 0 saturated carbocycles. The molecular formula is C14H20N4S. The molecule has 0 fully saturated rings. The van der Waals surface area contributed by atoms with Crippen LogP contribution in [0.25, 0.3) is 10.6 Å². The molecule has 1 aromatic heterocycles. The summed E-state index contributed by atoms with van der Waals surface area (Å²) in [5.41, 5.74) is 2.33. The summed E-state index contributed by atoms with van der Waals surface area (Å²) < 4.78 is 1.86. The molecule has 0 bridgehead atoms. The van der Waals surface area contributed by atoms with Crippen LogP contribution in [-0.4, -0.2) is 30.4 Å². The van der Waals surface area contributed by atoms with Crippen LogP contribution < -0.4 is 9.70 Å². The van der Waals surface area contributed by atoms with Crippen molar-refractivity contribution in [2.75, 3.05) is 25.5 Å². The third-order valence-corrected chi connectivity index (χ3v) is 3.87. The highest BCUT2D eigenvalue weighted by Gasteiger charge is 2.06. The highest BCUT2D eigenvalue weighted by molar-refractivity contribution is 7.12. The van der Waals surface area contributed by atoms with Crippen molar-refractivity contribution >= 4 is 17.0 Å². The van der Waals surface area contributed by atoms with Gasteiger partial charge < -0.3 is 4.90 Å². The fourth-order valence-electron chi connectivity index (χ4n) is 1.73. The van der Waals surface area contributed by atoms with Gasteiger partial charge in [-0.05, 0) is 18.6 Å². The first kappa shape index (κ1) is 13.8. The minimum atomic E-state index is 0.854. The predicted molar refractivity (Wildman–Crippen MR) is 81.6 cm³/mol. The van der Waals surface area contributed by atoms with Crippen LogP contribution in [0.1, 0.15) is 13.3 Å². The number of rotatable bonds is 4. The topological polar surface area (TPSA) is 33.4 Å². The van der Waals surface area contributed by atoms with Crippen molar-refractivity contribution in [1.82, 2.24) is 9.78 Å². The van der Waals surface area contributed by atoms with E-state index in [2.05, 4.69) is 46.2 Å².